The van der Waals surface area contributed by atoms with Crippen LogP contribution in [0.2, 0.25) is 0 Å². The molecule has 0 N–H and O–H groups in total. The maximum atomic E-state index is 12.9. The highest BCUT2D eigenvalue weighted by Crippen LogP contribution is 2.25. The minimum Gasteiger partial charge on any atom is -0.333 e. The molecule has 0 radical (unpaired) electrons. The van der Waals surface area contributed by atoms with Crippen molar-refractivity contribution >= 4 is 28.4 Å². The van der Waals surface area contributed by atoms with Gasteiger partial charge in [0.05, 0.1) is 4.92 Å². The molecule has 0 aliphatic carbocycles. The van der Waals surface area contributed by atoms with E-state index >= 15 is 0 Å². The molecule has 0 saturated heterocycles. The molecule has 0 spiro atoms. The number of non-ortho nitro benzene ring substituents is 1. The maximum Gasteiger partial charge on any atom is 0.270 e. The second kappa shape index (κ2) is 6.59. The Morgan fingerprint density at radius 1 is 1.25 bits per heavy atom. The van der Waals surface area contributed by atoms with Gasteiger partial charge in [-0.1, -0.05) is 28.9 Å². The zero-order valence-electron chi connectivity index (χ0n) is 12.0. The first kappa shape index (κ1) is 15.8. The van der Waals surface area contributed by atoms with Gasteiger partial charge in [-0.25, -0.2) is 4.39 Å². The molecule has 1 aromatic heterocycles. The number of halogens is 2. The minimum absolute atomic E-state index is 0.0502. The lowest BCUT2D eigenvalue weighted by molar-refractivity contribution is -0.384. The quantitative estimate of drug-likeness (QED) is 0.513. The lowest BCUT2D eigenvalue weighted by Gasteiger charge is -1.95. The molecular weight excluding hydrogens is 337 g/mol. The van der Waals surface area contributed by atoms with Crippen LogP contribution < -0.4 is 0 Å². The molecule has 3 aromatic rings. The highest BCUT2D eigenvalue weighted by molar-refractivity contribution is 6.50. The summed E-state index contributed by atoms with van der Waals surface area (Å²) in [6.45, 7) is 0. The Morgan fingerprint density at radius 3 is 2.71 bits per heavy atom. The van der Waals surface area contributed by atoms with Crippen molar-refractivity contribution in [3.63, 3.8) is 0 Å². The molecule has 0 aliphatic heterocycles. The molecule has 0 atom stereocenters. The molecule has 0 bridgehead atoms. The molecule has 1 heterocycles. The average Bonchev–Trinajstić information content (AvgIpc) is 3.06. The minimum atomic E-state index is -0.495. The lowest BCUT2D eigenvalue weighted by atomic mass is 10.2. The van der Waals surface area contributed by atoms with Gasteiger partial charge < -0.3 is 4.52 Å². The second-order valence-electron chi connectivity index (χ2n) is 4.77. The van der Waals surface area contributed by atoms with Crippen LogP contribution >= 0.6 is 11.6 Å². The monoisotopic (exact) mass is 345 g/mol. The Balaban J connectivity index is 1.88. The third kappa shape index (κ3) is 3.47. The van der Waals surface area contributed by atoms with Crippen molar-refractivity contribution in [2.75, 3.05) is 0 Å². The number of nitro benzene ring substituents is 1. The number of aromatic nitrogens is 2. The number of benzene rings is 2. The Kier molecular flexibility index (Phi) is 4.35. The molecule has 0 fully saturated rings. The van der Waals surface area contributed by atoms with Crippen molar-refractivity contribution in [1.82, 2.24) is 10.1 Å². The van der Waals surface area contributed by atoms with Gasteiger partial charge in [-0.2, -0.15) is 4.98 Å². The van der Waals surface area contributed by atoms with Crippen molar-refractivity contribution in [2.45, 2.75) is 0 Å². The van der Waals surface area contributed by atoms with Gasteiger partial charge in [0.1, 0.15) is 10.8 Å². The summed E-state index contributed by atoms with van der Waals surface area (Å²) in [5, 5.41) is 14.7. The van der Waals surface area contributed by atoms with Crippen molar-refractivity contribution < 1.29 is 13.8 Å². The van der Waals surface area contributed by atoms with Crippen molar-refractivity contribution in [3.05, 3.63) is 75.9 Å². The van der Waals surface area contributed by atoms with E-state index in [0.29, 0.717) is 11.1 Å². The van der Waals surface area contributed by atoms with E-state index in [1.807, 2.05) is 0 Å². The zero-order chi connectivity index (χ0) is 17.1. The topological polar surface area (TPSA) is 82.1 Å². The molecule has 6 nitrogen and oxygen atoms in total. The molecule has 24 heavy (non-hydrogen) atoms. The zero-order valence-corrected chi connectivity index (χ0v) is 12.8. The van der Waals surface area contributed by atoms with Crippen LogP contribution in [0.1, 0.15) is 11.5 Å². The van der Waals surface area contributed by atoms with Gasteiger partial charge in [0.25, 0.3) is 11.6 Å². The van der Waals surface area contributed by atoms with Crippen LogP contribution in [0, 0.1) is 15.9 Å². The summed E-state index contributed by atoms with van der Waals surface area (Å²) in [6, 6.07) is 11.6. The lowest BCUT2D eigenvalue weighted by Crippen LogP contribution is -1.87. The van der Waals surface area contributed by atoms with Gasteiger partial charge in [0.15, 0.2) is 0 Å². The van der Waals surface area contributed by atoms with E-state index in [0.717, 1.165) is 0 Å². The molecule has 3 rings (SSSR count). The second-order valence-corrected chi connectivity index (χ2v) is 5.18. The molecule has 120 valence electrons. The first-order chi connectivity index (χ1) is 11.5. The fourth-order valence-electron chi connectivity index (χ4n) is 1.97. The number of nitrogens with zero attached hydrogens (tertiary/aromatic N) is 3. The Bertz CT molecular complexity index is 922. The van der Waals surface area contributed by atoms with E-state index in [1.54, 1.807) is 12.1 Å². The van der Waals surface area contributed by atoms with Crippen LogP contribution in [-0.4, -0.2) is 15.1 Å². The molecule has 0 unspecified atom stereocenters. The molecule has 0 amide bonds. The summed E-state index contributed by atoms with van der Waals surface area (Å²) >= 11 is 6.13. The van der Waals surface area contributed by atoms with Gasteiger partial charge in [0.2, 0.25) is 5.82 Å². The van der Waals surface area contributed by atoms with Crippen LogP contribution in [0.15, 0.2) is 53.1 Å². The Labute approximate surface area is 140 Å². The van der Waals surface area contributed by atoms with Crippen LogP contribution in [0.5, 0.6) is 0 Å². The first-order valence-corrected chi connectivity index (χ1v) is 7.12. The van der Waals surface area contributed by atoms with Gasteiger partial charge in [0, 0.05) is 17.7 Å². The van der Waals surface area contributed by atoms with Gasteiger partial charge in [-0.05, 0) is 35.9 Å². The van der Waals surface area contributed by atoms with E-state index < -0.39 is 4.92 Å². The standard InChI is InChI=1S/C16H9ClFN3O3/c17-14(9-10-2-1-3-13(8-10)21(22)23)16-19-15(20-24-16)11-4-6-12(18)7-5-11/h1-9H/b14-9-. The summed E-state index contributed by atoms with van der Waals surface area (Å²) in [4.78, 5) is 14.4. The molecular formula is C16H9ClFN3O3. The number of rotatable bonds is 4. The van der Waals surface area contributed by atoms with Crippen LogP contribution in [0.3, 0.4) is 0 Å². The normalized spacial score (nSPS) is 11.5. The van der Waals surface area contributed by atoms with Crippen molar-refractivity contribution in [1.29, 1.82) is 0 Å². The Morgan fingerprint density at radius 2 is 2.00 bits per heavy atom. The predicted molar refractivity (Wildman–Crippen MR) is 86.5 cm³/mol. The van der Waals surface area contributed by atoms with Gasteiger partial charge in [-0.15, -0.1) is 0 Å². The molecule has 0 saturated carbocycles. The van der Waals surface area contributed by atoms with Gasteiger partial charge >= 0.3 is 0 Å². The van der Waals surface area contributed by atoms with Crippen LogP contribution in [0.25, 0.3) is 22.5 Å². The van der Waals surface area contributed by atoms with E-state index in [1.165, 1.54) is 42.5 Å². The van der Waals surface area contributed by atoms with Crippen molar-refractivity contribution in [2.24, 2.45) is 0 Å². The fourth-order valence-corrected chi connectivity index (χ4v) is 2.18. The van der Waals surface area contributed by atoms with E-state index in [9.17, 15) is 14.5 Å². The summed E-state index contributed by atoms with van der Waals surface area (Å²) in [6.07, 6.45) is 1.48. The fraction of sp³-hybridized carbons (Fsp3) is 0. The number of hydrogen-bond donors (Lipinski definition) is 0. The number of nitro groups is 1. The summed E-state index contributed by atoms with van der Waals surface area (Å²) in [5.74, 6) is -0.0517. The summed E-state index contributed by atoms with van der Waals surface area (Å²) in [5.41, 5.74) is 1.05. The predicted octanol–water partition coefficient (Wildman–Crippen LogP) is 4.52. The highest BCUT2D eigenvalue weighted by atomic mass is 35.5. The van der Waals surface area contributed by atoms with E-state index in [-0.39, 0.29) is 28.3 Å². The van der Waals surface area contributed by atoms with Gasteiger partial charge in [-0.3, -0.25) is 10.1 Å². The summed E-state index contributed by atoms with van der Waals surface area (Å²) < 4.78 is 18.0. The van der Waals surface area contributed by atoms with E-state index in [2.05, 4.69) is 10.1 Å². The van der Waals surface area contributed by atoms with Crippen LogP contribution in [0.4, 0.5) is 10.1 Å². The smallest absolute Gasteiger partial charge is 0.270 e. The summed E-state index contributed by atoms with van der Waals surface area (Å²) in [7, 11) is 0. The Hall–Kier alpha value is -3.06. The largest absolute Gasteiger partial charge is 0.333 e. The number of hydrogen-bond acceptors (Lipinski definition) is 5. The average molecular weight is 346 g/mol. The third-order valence-electron chi connectivity index (χ3n) is 3.11. The SMILES string of the molecule is O=[N+]([O-])c1cccc(/C=C(\Cl)c2nc(-c3ccc(F)cc3)no2)c1. The van der Waals surface area contributed by atoms with E-state index in [4.69, 9.17) is 16.1 Å². The molecule has 8 heteroatoms. The molecule has 2 aromatic carbocycles. The maximum absolute atomic E-state index is 12.9. The third-order valence-corrected chi connectivity index (χ3v) is 3.38. The highest BCUT2D eigenvalue weighted by Gasteiger charge is 2.12. The molecule has 0 aliphatic rings. The van der Waals surface area contributed by atoms with Crippen molar-refractivity contribution in [3.8, 4) is 11.4 Å². The van der Waals surface area contributed by atoms with Crippen LogP contribution in [-0.2, 0) is 0 Å². The first-order valence-electron chi connectivity index (χ1n) is 6.74.